The average molecular weight is 256 g/mol. The molecule has 0 aliphatic carbocycles. The minimum absolute atomic E-state index is 0.239. The fourth-order valence-electron chi connectivity index (χ4n) is 1.10. The molecule has 1 atom stereocenters. The topological polar surface area (TPSA) is 46.3 Å². The third kappa shape index (κ3) is 6.60. The van der Waals surface area contributed by atoms with Crippen molar-refractivity contribution < 1.29 is 18.0 Å². The Kier molecular flexibility index (Phi) is 5.71. The maximum atomic E-state index is 11.9. The van der Waals surface area contributed by atoms with E-state index in [0.717, 1.165) is 0 Å². The van der Waals surface area contributed by atoms with E-state index in [4.69, 9.17) is 5.73 Å². The quantitative estimate of drug-likeness (QED) is 0.764. The lowest BCUT2D eigenvalue weighted by Gasteiger charge is -2.24. The summed E-state index contributed by atoms with van der Waals surface area (Å²) in [5, 5.41) is 0. The molecular formula is C9H15F3N2OS. The molecule has 0 aliphatic heterocycles. The number of nitrogens with two attached hydrogens (primary N) is 1. The van der Waals surface area contributed by atoms with Gasteiger partial charge in [-0.25, -0.2) is 0 Å². The van der Waals surface area contributed by atoms with Gasteiger partial charge < -0.3 is 10.6 Å². The zero-order valence-electron chi connectivity index (χ0n) is 9.17. The third-order valence-electron chi connectivity index (χ3n) is 2.17. The standard InChI is InChI=1S/C9H15F3N2OS/c1-6(5-7(13)16)14(2)8(15)3-4-9(10,11)12/h6H,3-5H2,1-2H3,(H2,13,16). The van der Waals surface area contributed by atoms with Crippen LogP contribution in [0.25, 0.3) is 0 Å². The van der Waals surface area contributed by atoms with Crippen LogP contribution in [-0.4, -0.2) is 35.1 Å². The first-order chi connectivity index (χ1) is 7.13. The van der Waals surface area contributed by atoms with Gasteiger partial charge in [-0.05, 0) is 6.92 Å². The molecule has 0 fully saturated rings. The molecule has 0 aliphatic rings. The second-order valence-electron chi connectivity index (χ2n) is 3.64. The van der Waals surface area contributed by atoms with E-state index in [1.54, 1.807) is 6.92 Å². The van der Waals surface area contributed by atoms with Gasteiger partial charge in [-0.1, -0.05) is 12.2 Å². The van der Waals surface area contributed by atoms with Crippen molar-refractivity contribution in [3.63, 3.8) is 0 Å². The van der Waals surface area contributed by atoms with Crippen LogP contribution >= 0.6 is 12.2 Å². The molecule has 0 bridgehead atoms. The Morgan fingerprint density at radius 1 is 1.50 bits per heavy atom. The van der Waals surface area contributed by atoms with Crippen LogP contribution in [0.15, 0.2) is 0 Å². The minimum Gasteiger partial charge on any atom is -0.393 e. The maximum absolute atomic E-state index is 11.9. The van der Waals surface area contributed by atoms with Gasteiger partial charge in [0.1, 0.15) is 0 Å². The predicted octanol–water partition coefficient (Wildman–Crippen LogP) is 1.85. The van der Waals surface area contributed by atoms with Crippen molar-refractivity contribution in [3.8, 4) is 0 Å². The van der Waals surface area contributed by atoms with Gasteiger partial charge in [0.25, 0.3) is 0 Å². The molecule has 1 unspecified atom stereocenters. The van der Waals surface area contributed by atoms with Crippen LogP contribution in [0.4, 0.5) is 13.2 Å². The molecule has 0 spiro atoms. The molecule has 0 aromatic heterocycles. The first-order valence-corrected chi connectivity index (χ1v) is 5.15. The Balaban J connectivity index is 4.13. The summed E-state index contributed by atoms with van der Waals surface area (Å²) in [7, 11) is 1.45. The number of halogens is 3. The number of carbonyl (C=O) groups excluding carboxylic acids is 1. The Hall–Kier alpha value is -0.850. The highest BCUT2D eigenvalue weighted by Gasteiger charge is 2.29. The summed E-state index contributed by atoms with van der Waals surface area (Å²) >= 11 is 4.66. The third-order valence-corrected chi connectivity index (χ3v) is 2.34. The molecule has 7 heteroatoms. The molecule has 0 aromatic rings. The van der Waals surface area contributed by atoms with Crippen LogP contribution in [-0.2, 0) is 4.79 Å². The van der Waals surface area contributed by atoms with Gasteiger partial charge in [-0.15, -0.1) is 0 Å². The molecule has 0 heterocycles. The molecule has 1 amide bonds. The molecule has 0 saturated heterocycles. The summed E-state index contributed by atoms with van der Waals surface area (Å²) in [5.41, 5.74) is 5.29. The van der Waals surface area contributed by atoms with Gasteiger partial charge in [-0.3, -0.25) is 4.79 Å². The number of hydrogen-bond donors (Lipinski definition) is 1. The number of amides is 1. The van der Waals surface area contributed by atoms with E-state index >= 15 is 0 Å². The predicted molar refractivity (Wildman–Crippen MR) is 58.9 cm³/mol. The van der Waals surface area contributed by atoms with Gasteiger partial charge in [0.2, 0.25) is 5.91 Å². The second kappa shape index (κ2) is 6.03. The van der Waals surface area contributed by atoms with Gasteiger partial charge in [0.05, 0.1) is 11.4 Å². The summed E-state index contributed by atoms with van der Waals surface area (Å²) in [6.45, 7) is 1.69. The molecular weight excluding hydrogens is 241 g/mol. The Morgan fingerprint density at radius 2 is 2.00 bits per heavy atom. The van der Waals surface area contributed by atoms with E-state index in [-0.39, 0.29) is 11.0 Å². The van der Waals surface area contributed by atoms with E-state index in [2.05, 4.69) is 12.2 Å². The lowest BCUT2D eigenvalue weighted by atomic mass is 10.2. The number of carbonyl (C=O) groups is 1. The van der Waals surface area contributed by atoms with Crippen LogP contribution in [0.3, 0.4) is 0 Å². The number of alkyl halides is 3. The molecule has 2 N–H and O–H groups in total. The number of rotatable bonds is 5. The van der Waals surface area contributed by atoms with Crippen molar-refractivity contribution in [2.45, 2.75) is 38.4 Å². The van der Waals surface area contributed by atoms with Crippen LogP contribution in [0.1, 0.15) is 26.2 Å². The fraction of sp³-hybridized carbons (Fsp3) is 0.778. The van der Waals surface area contributed by atoms with Gasteiger partial charge in [0.15, 0.2) is 0 Å². The van der Waals surface area contributed by atoms with Gasteiger partial charge >= 0.3 is 6.18 Å². The molecule has 16 heavy (non-hydrogen) atoms. The lowest BCUT2D eigenvalue weighted by molar-refractivity contribution is -0.149. The van der Waals surface area contributed by atoms with E-state index in [1.165, 1.54) is 11.9 Å². The fourth-order valence-corrected chi connectivity index (χ4v) is 1.34. The van der Waals surface area contributed by atoms with E-state index in [9.17, 15) is 18.0 Å². The van der Waals surface area contributed by atoms with Crippen molar-refractivity contribution in [2.75, 3.05) is 7.05 Å². The highest BCUT2D eigenvalue weighted by atomic mass is 32.1. The lowest BCUT2D eigenvalue weighted by Crippen LogP contribution is -2.37. The number of thiocarbonyl (C=S) groups is 1. The van der Waals surface area contributed by atoms with Crippen molar-refractivity contribution in [2.24, 2.45) is 5.73 Å². The average Bonchev–Trinajstić information content (AvgIpc) is 2.10. The molecule has 0 radical (unpaired) electrons. The highest BCUT2D eigenvalue weighted by molar-refractivity contribution is 7.80. The first-order valence-electron chi connectivity index (χ1n) is 4.74. The minimum atomic E-state index is -4.30. The van der Waals surface area contributed by atoms with Crippen LogP contribution < -0.4 is 5.73 Å². The highest BCUT2D eigenvalue weighted by Crippen LogP contribution is 2.22. The zero-order valence-corrected chi connectivity index (χ0v) is 9.99. The smallest absolute Gasteiger partial charge is 0.389 e. The maximum Gasteiger partial charge on any atom is 0.389 e. The zero-order chi connectivity index (χ0) is 12.9. The normalized spacial score (nSPS) is 13.3. The second-order valence-corrected chi connectivity index (χ2v) is 4.16. The van der Waals surface area contributed by atoms with E-state index in [1.807, 2.05) is 0 Å². The van der Waals surface area contributed by atoms with Crippen LogP contribution in [0.2, 0.25) is 0 Å². The summed E-state index contributed by atoms with van der Waals surface area (Å²) < 4.78 is 35.6. The monoisotopic (exact) mass is 256 g/mol. The van der Waals surface area contributed by atoms with Crippen LogP contribution in [0.5, 0.6) is 0 Å². The molecule has 94 valence electrons. The Labute approximate surface area is 97.8 Å². The molecule has 0 rings (SSSR count). The summed E-state index contributed by atoms with van der Waals surface area (Å²) in [6, 6.07) is -0.279. The summed E-state index contributed by atoms with van der Waals surface area (Å²) in [6.07, 6.45) is -5.63. The largest absolute Gasteiger partial charge is 0.393 e. The van der Waals surface area contributed by atoms with Crippen molar-refractivity contribution >= 4 is 23.1 Å². The molecule has 0 saturated carbocycles. The number of hydrogen-bond acceptors (Lipinski definition) is 2. The van der Waals surface area contributed by atoms with Gasteiger partial charge in [0, 0.05) is 25.9 Å². The van der Waals surface area contributed by atoms with Crippen molar-refractivity contribution in [3.05, 3.63) is 0 Å². The Morgan fingerprint density at radius 3 is 2.38 bits per heavy atom. The summed E-state index contributed by atoms with van der Waals surface area (Å²) in [4.78, 5) is 12.8. The Bertz CT molecular complexity index is 268. The SMILES string of the molecule is CC(CC(N)=S)N(C)C(=O)CCC(F)(F)F. The molecule has 0 aromatic carbocycles. The van der Waals surface area contributed by atoms with E-state index in [0.29, 0.717) is 6.42 Å². The van der Waals surface area contributed by atoms with Crippen molar-refractivity contribution in [1.29, 1.82) is 0 Å². The summed E-state index contributed by atoms with van der Waals surface area (Å²) in [5.74, 6) is -0.555. The molecule has 3 nitrogen and oxygen atoms in total. The number of nitrogens with zero attached hydrogens (tertiary/aromatic N) is 1. The van der Waals surface area contributed by atoms with Crippen LogP contribution in [0, 0.1) is 0 Å². The first kappa shape index (κ1) is 15.2. The van der Waals surface area contributed by atoms with Gasteiger partial charge in [-0.2, -0.15) is 13.2 Å². The van der Waals surface area contributed by atoms with E-state index < -0.39 is 24.9 Å². The van der Waals surface area contributed by atoms with Crippen molar-refractivity contribution in [1.82, 2.24) is 4.90 Å².